The zero-order valence-corrected chi connectivity index (χ0v) is 15.0. The molecule has 6 nitrogen and oxygen atoms in total. The van der Waals surface area contributed by atoms with E-state index in [1.807, 2.05) is 6.92 Å². The second-order valence-electron chi connectivity index (χ2n) is 6.43. The van der Waals surface area contributed by atoms with Crippen LogP contribution in [0.1, 0.15) is 46.1 Å². The number of likely N-dealkylation sites (tertiary alicyclic amines) is 1. The SMILES string of the molecule is Cc1nc(CN2CCCCC2)sc1C(=O)NC1CCS(=O)(=O)C1. The van der Waals surface area contributed by atoms with Gasteiger partial charge in [0.15, 0.2) is 9.84 Å². The van der Waals surface area contributed by atoms with Crippen molar-refractivity contribution in [1.82, 2.24) is 15.2 Å². The van der Waals surface area contributed by atoms with Crippen LogP contribution >= 0.6 is 11.3 Å². The number of thiazole rings is 1. The molecule has 0 saturated carbocycles. The number of aryl methyl sites for hydroxylation is 1. The molecule has 1 aromatic heterocycles. The number of carbonyl (C=O) groups is 1. The van der Waals surface area contributed by atoms with E-state index >= 15 is 0 Å². The van der Waals surface area contributed by atoms with Crippen molar-refractivity contribution in [2.45, 2.75) is 45.2 Å². The fourth-order valence-electron chi connectivity index (χ4n) is 3.20. The van der Waals surface area contributed by atoms with Crippen molar-refractivity contribution in [3.8, 4) is 0 Å². The standard InChI is InChI=1S/C15H23N3O3S2/c1-11-14(15(19)17-12-5-8-23(20,21)10-12)22-13(16-11)9-18-6-3-2-4-7-18/h12H,2-10H2,1H3,(H,17,19). The van der Waals surface area contributed by atoms with Crippen LogP contribution in [0.4, 0.5) is 0 Å². The van der Waals surface area contributed by atoms with Crippen LogP contribution < -0.4 is 5.32 Å². The Balaban J connectivity index is 1.62. The van der Waals surface area contributed by atoms with Crippen LogP contribution in [-0.2, 0) is 16.4 Å². The molecule has 2 aliphatic rings. The molecule has 0 bridgehead atoms. The molecular weight excluding hydrogens is 334 g/mol. The van der Waals surface area contributed by atoms with Gasteiger partial charge in [-0.1, -0.05) is 6.42 Å². The largest absolute Gasteiger partial charge is 0.347 e. The molecule has 23 heavy (non-hydrogen) atoms. The van der Waals surface area contributed by atoms with Gasteiger partial charge in [-0.05, 0) is 39.3 Å². The van der Waals surface area contributed by atoms with Crippen LogP contribution in [0, 0.1) is 6.92 Å². The highest BCUT2D eigenvalue weighted by Gasteiger charge is 2.30. The second-order valence-corrected chi connectivity index (χ2v) is 9.74. The smallest absolute Gasteiger partial charge is 0.263 e. The highest BCUT2D eigenvalue weighted by Crippen LogP contribution is 2.22. The summed E-state index contributed by atoms with van der Waals surface area (Å²) in [4.78, 5) is 19.9. The summed E-state index contributed by atoms with van der Waals surface area (Å²) in [6.45, 7) is 4.84. The molecular formula is C15H23N3O3S2. The summed E-state index contributed by atoms with van der Waals surface area (Å²) in [5.74, 6) is 0.0313. The fraction of sp³-hybridized carbons (Fsp3) is 0.733. The van der Waals surface area contributed by atoms with Crippen molar-refractivity contribution in [3.63, 3.8) is 0 Å². The first-order chi connectivity index (χ1) is 10.9. The van der Waals surface area contributed by atoms with E-state index in [-0.39, 0.29) is 23.5 Å². The molecule has 0 spiro atoms. The Labute approximate surface area is 141 Å². The number of rotatable bonds is 4. The maximum atomic E-state index is 12.4. The highest BCUT2D eigenvalue weighted by atomic mass is 32.2. The third-order valence-electron chi connectivity index (χ3n) is 4.42. The molecule has 0 radical (unpaired) electrons. The molecule has 1 unspecified atom stereocenters. The van der Waals surface area contributed by atoms with Crippen molar-refractivity contribution in [2.24, 2.45) is 0 Å². The van der Waals surface area contributed by atoms with Gasteiger partial charge in [0.2, 0.25) is 0 Å². The number of aromatic nitrogens is 1. The maximum Gasteiger partial charge on any atom is 0.263 e. The van der Waals surface area contributed by atoms with Gasteiger partial charge < -0.3 is 5.32 Å². The number of carbonyl (C=O) groups excluding carboxylic acids is 1. The Bertz CT molecular complexity index is 678. The normalized spacial score (nSPS) is 24.7. The van der Waals surface area contributed by atoms with Gasteiger partial charge in [-0.15, -0.1) is 11.3 Å². The van der Waals surface area contributed by atoms with E-state index in [0.29, 0.717) is 11.3 Å². The van der Waals surface area contributed by atoms with Crippen LogP contribution in [0.15, 0.2) is 0 Å². The lowest BCUT2D eigenvalue weighted by Gasteiger charge is -2.25. The zero-order chi connectivity index (χ0) is 16.4. The van der Waals surface area contributed by atoms with Crippen LogP contribution in [0.3, 0.4) is 0 Å². The highest BCUT2D eigenvalue weighted by molar-refractivity contribution is 7.91. The first-order valence-corrected chi connectivity index (χ1v) is 10.8. The van der Waals surface area contributed by atoms with Gasteiger partial charge in [0.1, 0.15) is 9.88 Å². The second kappa shape index (κ2) is 6.86. The summed E-state index contributed by atoms with van der Waals surface area (Å²) < 4.78 is 23.0. The Morgan fingerprint density at radius 1 is 1.35 bits per heavy atom. The van der Waals surface area contributed by atoms with Gasteiger partial charge in [-0.2, -0.15) is 0 Å². The molecule has 0 aromatic carbocycles. The van der Waals surface area contributed by atoms with Crippen LogP contribution in [0.5, 0.6) is 0 Å². The van der Waals surface area contributed by atoms with Gasteiger partial charge in [0, 0.05) is 6.04 Å². The third-order valence-corrected chi connectivity index (χ3v) is 7.33. The summed E-state index contributed by atoms with van der Waals surface area (Å²) in [5, 5.41) is 3.81. The number of nitrogens with zero attached hydrogens (tertiary/aromatic N) is 2. The average molecular weight is 358 g/mol. The number of hydrogen-bond acceptors (Lipinski definition) is 6. The first kappa shape index (κ1) is 16.9. The van der Waals surface area contributed by atoms with E-state index < -0.39 is 9.84 Å². The first-order valence-electron chi connectivity index (χ1n) is 8.13. The van der Waals surface area contributed by atoms with Crippen molar-refractivity contribution in [1.29, 1.82) is 0 Å². The van der Waals surface area contributed by atoms with Crippen LogP contribution in [-0.4, -0.2) is 54.8 Å². The third kappa shape index (κ3) is 4.30. The summed E-state index contributed by atoms with van der Waals surface area (Å²) in [6.07, 6.45) is 4.26. The van der Waals surface area contributed by atoms with E-state index in [1.54, 1.807) is 0 Å². The lowest BCUT2D eigenvalue weighted by Crippen LogP contribution is -2.35. The molecule has 1 atom stereocenters. The minimum Gasteiger partial charge on any atom is -0.347 e. The van der Waals surface area contributed by atoms with Crippen LogP contribution in [0.25, 0.3) is 0 Å². The van der Waals surface area contributed by atoms with Gasteiger partial charge in [-0.3, -0.25) is 9.69 Å². The fourth-order valence-corrected chi connectivity index (χ4v) is 5.88. The molecule has 0 aliphatic carbocycles. The number of piperidine rings is 1. The molecule has 2 aliphatic heterocycles. The number of sulfone groups is 1. The Morgan fingerprint density at radius 2 is 2.09 bits per heavy atom. The maximum absolute atomic E-state index is 12.4. The van der Waals surface area contributed by atoms with Crippen LogP contribution in [0.2, 0.25) is 0 Å². The van der Waals surface area contributed by atoms with E-state index in [9.17, 15) is 13.2 Å². The molecule has 1 aromatic rings. The van der Waals surface area contributed by atoms with Crippen molar-refractivity contribution < 1.29 is 13.2 Å². The summed E-state index contributed by atoms with van der Waals surface area (Å²) >= 11 is 1.43. The van der Waals surface area contributed by atoms with Gasteiger partial charge in [-0.25, -0.2) is 13.4 Å². The van der Waals surface area contributed by atoms with Gasteiger partial charge in [0.25, 0.3) is 5.91 Å². The Kier molecular flexibility index (Phi) is 5.03. The number of amides is 1. The van der Waals surface area contributed by atoms with E-state index in [2.05, 4.69) is 15.2 Å². The number of hydrogen-bond donors (Lipinski definition) is 1. The minimum absolute atomic E-state index is 0.0528. The molecule has 8 heteroatoms. The Hall–Kier alpha value is -0.990. The molecule has 3 rings (SSSR count). The molecule has 128 valence electrons. The van der Waals surface area contributed by atoms with Crippen molar-refractivity contribution >= 4 is 27.1 Å². The topological polar surface area (TPSA) is 79.4 Å². The zero-order valence-electron chi connectivity index (χ0n) is 13.4. The van der Waals surface area contributed by atoms with Crippen molar-refractivity contribution in [2.75, 3.05) is 24.6 Å². The number of nitrogens with one attached hydrogen (secondary N) is 1. The quantitative estimate of drug-likeness (QED) is 0.880. The summed E-state index contributed by atoms with van der Waals surface area (Å²) in [5.41, 5.74) is 0.736. The molecule has 2 fully saturated rings. The molecule has 3 heterocycles. The Morgan fingerprint density at radius 3 is 2.74 bits per heavy atom. The van der Waals surface area contributed by atoms with E-state index in [4.69, 9.17) is 0 Å². The predicted molar refractivity (Wildman–Crippen MR) is 90.5 cm³/mol. The van der Waals surface area contributed by atoms with Gasteiger partial charge >= 0.3 is 0 Å². The van der Waals surface area contributed by atoms with Crippen molar-refractivity contribution in [3.05, 3.63) is 15.6 Å². The monoisotopic (exact) mass is 357 g/mol. The molecule has 1 N–H and O–H groups in total. The van der Waals surface area contributed by atoms with E-state index in [0.717, 1.165) is 30.3 Å². The lowest BCUT2D eigenvalue weighted by molar-refractivity contribution is 0.0944. The average Bonchev–Trinajstić information content (AvgIpc) is 3.02. The molecule has 1 amide bonds. The lowest BCUT2D eigenvalue weighted by atomic mass is 10.1. The molecule has 2 saturated heterocycles. The summed E-state index contributed by atoms with van der Waals surface area (Å²) in [7, 11) is -2.98. The summed E-state index contributed by atoms with van der Waals surface area (Å²) in [6, 6.07) is -0.264. The minimum atomic E-state index is -2.98. The van der Waals surface area contributed by atoms with Gasteiger partial charge in [0.05, 0.1) is 23.7 Å². The van der Waals surface area contributed by atoms with E-state index in [1.165, 1.54) is 30.6 Å². The predicted octanol–water partition coefficient (Wildman–Crippen LogP) is 1.35.